The predicted octanol–water partition coefficient (Wildman–Crippen LogP) is 2.42. The molecule has 1 aromatic carbocycles. The Morgan fingerprint density at radius 3 is 2.61 bits per heavy atom. The molecule has 0 radical (unpaired) electrons. The van der Waals surface area contributed by atoms with Gasteiger partial charge in [-0.2, -0.15) is 0 Å². The molecule has 150 valence electrons. The Balaban J connectivity index is 1.33. The number of fused-ring (bicyclic) bond motifs is 1. The van der Waals surface area contributed by atoms with Crippen LogP contribution in [-0.4, -0.2) is 65.6 Å². The number of aromatic nitrogens is 1. The van der Waals surface area contributed by atoms with Gasteiger partial charge < -0.3 is 15.5 Å². The molecule has 2 aliphatic heterocycles. The second-order valence-electron chi connectivity index (χ2n) is 8.22. The van der Waals surface area contributed by atoms with Crippen LogP contribution >= 0.6 is 11.3 Å². The van der Waals surface area contributed by atoms with Gasteiger partial charge in [0.05, 0.1) is 6.54 Å². The highest BCUT2D eigenvalue weighted by Crippen LogP contribution is 2.25. The van der Waals surface area contributed by atoms with Crippen LogP contribution in [0.5, 0.6) is 0 Å². The average Bonchev–Trinajstić information content (AvgIpc) is 3.27. The van der Waals surface area contributed by atoms with Crippen LogP contribution in [0.2, 0.25) is 0 Å². The predicted molar refractivity (Wildman–Crippen MR) is 117 cm³/mol. The molecule has 2 aromatic rings. The Labute approximate surface area is 171 Å². The molecule has 1 aromatic heterocycles. The number of aliphatic imine (C=N–C) groups is 1. The first-order chi connectivity index (χ1) is 13.5. The largest absolute Gasteiger partial charge is 0.370 e. The van der Waals surface area contributed by atoms with Gasteiger partial charge in [0.25, 0.3) is 0 Å². The third kappa shape index (κ3) is 4.15. The number of rotatable bonds is 4. The molecule has 3 heterocycles. The molecule has 0 bridgehead atoms. The summed E-state index contributed by atoms with van der Waals surface area (Å²) in [5.41, 5.74) is 9.26. The maximum atomic E-state index is 6.35. The summed E-state index contributed by atoms with van der Waals surface area (Å²) < 4.78 is 0. The summed E-state index contributed by atoms with van der Waals surface area (Å²) >= 11 is 1.69. The fourth-order valence-electron chi connectivity index (χ4n) is 3.99. The smallest absolute Gasteiger partial charge is 0.191 e. The third-order valence-electron chi connectivity index (χ3n) is 5.91. The first kappa shape index (κ1) is 19.2. The molecule has 1 saturated heterocycles. The standard InChI is InChI=1S/C21H30N6S/c1-21(2,27-9-7-17-5-3-4-6-18(17)15-27)16-24-19(22)25-10-12-26(13-11-25)20-23-8-14-28-20/h3-6,8,14H,7,9-13,15-16H2,1-2H3,(H2,22,24). The molecule has 2 aliphatic rings. The SMILES string of the molecule is CC(C)(CN=C(N)N1CCN(c2nccs2)CC1)N1CCc2ccccc2C1. The van der Waals surface area contributed by atoms with Crippen molar-refractivity contribution in [2.24, 2.45) is 10.7 Å². The van der Waals surface area contributed by atoms with Crippen molar-refractivity contribution in [3.8, 4) is 0 Å². The third-order valence-corrected chi connectivity index (χ3v) is 6.74. The average molecular weight is 399 g/mol. The van der Waals surface area contributed by atoms with Gasteiger partial charge in [-0.25, -0.2) is 4.98 Å². The lowest BCUT2D eigenvalue weighted by atomic mass is 9.94. The molecule has 0 unspecified atom stereocenters. The van der Waals surface area contributed by atoms with E-state index in [9.17, 15) is 0 Å². The Kier molecular flexibility index (Phi) is 5.55. The number of thiazole rings is 1. The van der Waals surface area contributed by atoms with Gasteiger partial charge in [0.2, 0.25) is 0 Å². The first-order valence-electron chi connectivity index (χ1n) is 10.0. The fraction of sp³-hybridized carbons (Fsp3) is 0.524. The van der Waals surface area contributed by atoms with Crippen molar-refractivity contribution in [2.45, 2.75) is 32.4 Å². The van der Waals surface area contributed by atoms with Gasteiger partial charge in [0, 0.05) is 56.4 Å². The summed E-state index contributed by atoms with van der Waals surface area (Å²) in [4.78, 5) is 16.2. The van der Waals surface area contributed by atoms with Crippen LogP contribution in [0.3, 0.4) is 0 Å². The second kappa shape index (κ2) is 8.09. The normalized spacial score (nSPS) is 19.0. The monoisotopic (exact) mass is 398 g/mol. The number of anilines is 1. The zero-order chi connectivity index (χ0) is 19.6. The molecule has 4 rings (SSSR count). The van der Waals surface area contributed by atoms with Gasteiger partial charge in [-0.05, 0) is 31.4 Å². The summed E-state index contributed by atoms with van der Waals surface area (Å²) in [6.45, 7) is 11.0. The number of nitrogens with two attached hydrogens (primary N) is 1. The summed E-state index contributed by atoms with van der Waals surface area (Å²) in [6.07, 6.45) is 2.97. The summed E-state index contributed by atoms with van der Waals surface area (Å²) in [6, 6.07) is 8.77. The van der Waals surface area contributed by atoms with E-state index in [2.05, 4.69) is 57.8 Å². The lowest BCUT2D eigenvalue weighted by Crippen LogP contribution is -2.52. The molecular formula is C21H30N6S. The van der Waals surface area contributed by atoms with E-state index in [0.717, 1.165) is 50.8 Å². The molecule has 0 saturated carbocycles. The van der Waals surface area contributed by atoms with Crippen molar-refractivity contribution in [3.05, 3.63) is 47.0 Å². The van der Waals surface area contributed by atoms with Crippen molar-refractivity contribution < 1.29 is 0 Å². The van der Waals surface area contributed by atoms with Gasteiger partial charge in [-0.3, -0.25) is 9.89 Å². The number of hydrogen-bond acceptors (Lipinski definition) is 5. The van der Waals surface area contributed by atoms with Crippen LogP contribution < -0.4 is 10.6 Å². The van der Waals surface area contributed by atoms with Gasteiger partial charge in [-0.15, -0.1) is 11.3 Å². The molecule has 0 amide bonds. The zero-order valence-corrected chi connectivity index (χ0v) is 17.7. The highest BCUT2D eigenvalue weighted by Gasteiger charge is 2.30. The highest BCUT2D eigenvalue weighted by molar-refractivity contribution is 7.13. The van der Waals surface area contributed by atoms with Crippen molar-refractivity contribution in [2.75, 3.05) is 44.2 Å². The van der Waals surface area contributed by atoms with Gasteiger partial charge >= 0.3 is 0 Å². The fourth-order valence-corrected chi connectivity index (χ4v) is 4.68. The van der Waals surface area contributed by atoms with Crippen LogP contribution in [0.1, 0.15) is 25.0 Å². The van der Waals surface area contributed by atoms with Crippen LogP contribution in [0.15, 0.2) is 40.8 Å². The van der Waals surface area contributed by atoms with Crippen LogP contribution in [0, 0.1) is 0 Å². The van der Waals surface area contributed by atoms with Crippen molar-refractivity contribution in [1.82, 2.24) is 14.8 Å². The lowest BCUT2D eigenvalue weighted by molar-refractivity contribution is 0.111. The first-order valence-corrected chi connectivity index (χ1v) is 10.9. The Morgan fingerprint density at radius 2 is 1.89 bits per heavy atom. The lowest BCUT2D eigenvalue weighted by Gasteiger charge is -2.41. The molecule has 2 N–H and O–H groups in total. The van der Waals surface area contributed by atoms with E-state index in [1.165, 1.54) is 11.1 Å². The summed E-state index contributed by atoms with van der Waals surface area (Å²) in [7, 11) is 0. The van der Waals surface area contributed by atoms with Gasteiger partial charge in [0.15, 0.2) is 11.1 Å². The molecular weight excluding hydrogens is 368 g/mol. The number of nitrogens with zero attached hydrogens (tertiary/aromatic N) is 5. The van der Waals surface area contributed by atoms with E-state index in [1.54, 1.807) is 11.3 Å². The molecule has 0 aliphatic carbocycles. The summed E-state index contributed by atoms with van der Waals surface area (Å²) in [5.74, 6) is 0.671. The molecule has 6 nitrogen and oxygen atoms in total. The van der Waals surface area contributed by atoms with E-state index < -0.39 is 0 Å². The van der Waals surface area contributed by atoms with Crippen LogP contribution in [0.25, 0.3) is 0 Å². The molecule has 1 fully saturated rings. The van der Waals surface area contributed by atoms with Crippen LogP contribution in [-0.2, 0) is 13.0 Å². The topological polar surface area (TPSA) is 61.0 Å². The van der Waals surface area contributed by atoms with Crippen molar-refractivity contribution in [1.29, 1.82) is 0 Å². The summed E-state index contributed by atoms with van der Waals surface area (Å²) in [5, 5.41) is 3.13. The Bertz CT molecular complexity index is 808. The highest BCUT2D eigenvalue weighted by atomic mass is 32.1. The quantitative estimate of drug-likeness (QED) is 0.633. The molecule has 0 atom stereocenters. The number of guanidine groups is 1. The minimum Gasteiger partial charge on any atom is -0.370 e. The van der Waals surface area contributed by atoms with Crippen molar-refractivity contribution >= 4 is 22.4 Å². The van der Waals surface area contributed by atoms with E-state index in [-0.39, 0.29) is 5.54 Å². The van der Waals surface area contributed by atoms with Gasteiger partial charge in [0.1, 0.15) is 0 Å². The van der Waals surface area contributed by atoms with E-state index in [4.69, 9.17) is 10.7 Å². The minimum absolute atomic E-state index is 0.0130. The van der Waals surface area contributed by atoms with Gasteiger partial charge in [-0.1, -0.05) is 24.3 Å². The van der Waals surface area contributed by atoms with E-state index in [1.807, 2.05) is 11.6 Å². The molecule has 7 heteroatoms. The van der Waals surface area contributed by atoms with Crippen molar-refractivity contribution in [3.63, 3.8) is 0 Å². The maximum Gasteiger partial charge on any atom is 0.191 e. The maximum absolute atomic E-state index is 6.35. The minimum atomic E-state index is -0.0130. The Morgan fingerprint density at radius 1 is 1.14 bits per heavy atom. The Hall–Kier alpha value is -2.12. The number of benzene rings is 1. The van der Waals surface area contributed by atoms with Crippen LogP contribution in [0.4, 0.5) is 5.13 Å². The second-order valence-corrected chi connectivity index (χ2v) is 9.09. The number of hydrogen-bond donors (Lipinski definition) is 1. The zero-order valence-electron chi connectivity index (χ0n) is 16.8. The number of piperazine rings is 1. The van der Waals surface area contributed by atoms with E-state index in [0.29, 0.717) is 12.5 Å². The molecule has 0 spiro atoms. The molecule has 28 heavy (non-hydrogen) atoms. The van der Waals surface area contributed by atoms with E-state index >= 15 is 0 Å².